The Morgan fingerprint density at radius 2 is 1.40 bits per heavy atom. The normalized spacial score (nSPS) is 11.8. The van der Waals surface area contributed by atoms with Crippen molar-refractivity contribution in [2.24, 2.45) is 0 Å². The summed E-state index contributed by atoms with van der Waals surface area (Å²) < 4.78 is 0. The van der Waals surface area contributed by atoms with Crippen molar-refractivity contribution in [2.75, 3.05) is 10.6 Å². The van der Waals surface area contributed by atoms with Gasteiger partial charge in [0, 0.05) is 32.1 Å². The van der Waals surface area contributed by atoms with E-state index in [0.717, 1.165) is 32.5 Å². The number of nitrogens with one attached hydrogen (secondary N) is 3. The zero-order valence-electron chi connectivity index (χ0n) is 28.0. The molecule has 7 aromatic rings. The molecule has 3 N–H and O–H groups in total. The Labute approximate surface area is 319 Å². The monoisotopic (exact) mass is 750 g/mol. The number of thioether (sulfide) groups is 1. The van der Waals surface area contributed by atoms with Crippen molar-refractivity contribution in [3.63, 3.8) is 0 Å². The van der Waals surface area contributed by atoms with Gasteiger partial charge < -0.3 is 16.0 Å². The summed E-state index contributed by atoms with van der Waals surface area (Å²) >= 11 is 9.14. The summed E-state index contributed by atoms with van der Waals surface area (Å²) in [6.45, 7) is 0. The largest absolute Gasteiger partial charge is 0.321 e. The number of thiazole rings is 1. The van der Waals surface area contributed by atoms with Crippen molar-refractivity contribution in [1.82, 2.24) is 10.3 Å². The number of hydrogen-bond donors (Lipinski definition) is 3. The molecule has 7 rings (SSSR count). The van der Waals surface area contributed by atoms with Gasteiger partial charge in [-0.25, -0.2) is 4.98 Å². The van der Waals surface area contributed by atoms with Gasteiger partial charge in [0.05, 0.1) is 5.69 Å². The molecule has 3 amide bonds. The summed E-state index contributed by atoms with van der Waals surface area (Å²) in [7, 11) is 0. The molecular formula is C43H31ClN4O3S2. The second-order valence-corrected chi connectivity index (χ2v) is 14.3. The molecule has 0 spiro atoms. The van der Waals surface area contributed by atoms with Crippen LogP contribution in [0.5, 0.6) is 0 Å². The number of carbonyl (C=O) groups is 3. The second-order valence-electron chi connectivity index (χ2n) is 11.9. The van der Waals surface area contributed by atoms with Crippen LogP contribution in [-0.2, 0) is 9.59 Å². The Hall–Kier alpha value is -6.00. The van der Waals surface area contributed by atoms with E-state index in [0.29, 0.717) is 27.0 Å². The summed E-state index contributed by atoms with van der Waals surface area (Å²) in [6.07, 6.45) is 1.54. The zero-order valence-corrected chi connectivity index (χ0v) is 30.4. The van der Waals surface area contributed by atoms with Crippen LogP contribution in [0.15, 0.2) is 168 Å². The van der Waals surface area contributed by atoms with E-state index >= 15 is 0 Å². The molecule has 1 atom stereocenters. The fourth-order valence-electron chi connectivity index (χ4n) is 5.53. The van der Waals surface area contributed by atoms with Crippen molar-refractivity contribution < 1.29 is 14.4 Å². The van der Waals surface area contributed by atoms with Gasteiger partial charge in [0.2, 0.25) is 5.91 Å². The van der Waals surface area contributed by atoms with Crippen LogP contribution in [0.3, 0.4) is 0 Å². The molecule has 10 heteroatoms. The highest BCUT2D eigenvalue weighted by Gasteiger charge is 2.24. The maximum Gasteiger partial charge on any atom is 0.272 e. The topological polar surface area (TPSA) is 100 Å². The Kier molecular flexibility index (Phi) is 11.1. The van der Waals surface area contributed by atoms with E-state index in [1.54, 1.807) is 66.7 Å². The maximum atomic E-state index is 13.8. The molecule has 0 bridgehead atoms. The minimum Gasteiger partial charge on any atom is -0.321 e. The van der Waals surface area contributed by atoms with Crippen LogP contribution < -0.4 is 16.0 Å². The molecule has 6 aromatic carbocycles. The maximum absolute atomic E-state index is 13.8. The number of rotatable bonds is 11. The molecule has 0 aliphatic carbocycles. The van der Waals surface area contributed by atoms with Crippen LogP contribution in [0, 0.1) is 0 Å². The third-order valence-electron chi connectivity index (χ3n) is 8.22. The molecule has 7 nitrogen and oxygen atoms in total. The van der Waals surface area contributed by atoms with Crippen LogP contribution in [0.4, 0.5) is 10.8 Å². The van der Waals surface area contributed by atoms with Crippen LogP contribution in [0.2, 0.25) is 5.02 Å². The Balaban J connectivity index is 1.06. The first-order valence-electron chi connectivity index (χ1n) is 16.6. The fraction of sp³-hybridized carbons (Fsp3) is 0.0233. The van der Waals surface area contributed by atoms with Gasteiger partial charge in [0.15, 0.2) is 5.13 Å². The van der Waals surface area contributed by atoms with E-state index in [-0.39, 0.29) is 11.6 Å². The van der Waals surface area contributed by atoms with Gasteiger partial charge in [-0.3, -0.25) is 14.4 Å². The molecule has 0 fully saturated rings. The number of benzene rings is 6. The molecule has 0 radical (unpaired) electrons. The SMILES string of the molecule is O=C(Nc1ccc(SC(C(=O)Nc2nc(-c3ccc4ccccc4c3)cs2)c2ccccc2)cc1)/C(=C/c1ccccc1Cl)NC(=O)c1ccccc1. The van der Waals surface area contributed by atoms with Crippen LogP contribution in [0.1, 0.15) is 26.7 Å². The number of halogens is 1. The van der Waals surface area contributed by atoms with Gasteiger partial charge in [-0.1, -0.05) is 115 Å². The van der Waals surface area contributed by atoms with Crippen molar-refractivity contribution in [3.8, 4) is 11.3 Å². The van der Waals surface area contributed by atoms with E-state index in [1.807, 2.05) is 72.1 Å². The first-order valence-corrected chi connectivity index (χ1v) is 18.7. The van der Waals surface area contributed by atoms with E-state index in [4.69, 9.17) is 16.6 Å². The lowest BCUT2D eigenvalue weighted by molar-refractivity contribution is -0.116. The summed E-state index contributed by atoms with van der Waals surface area (Å²) in [5.74, 6) is -1.16. The molecular weight excluding hydrogens is 720 g/mol. The van der Waals surface area contributed by atoms with Crippen LogP contribution >= 0.6 is 34.7 Å². The Bertz CT molecular complexity index is 2430. The van der Waals surface area contributed by atoms with Gasteiger partial charge in [0.25, 0.3) is 11.8 Å². The van der Waals surface area contributed by atoms with E-state index < -0.39 is 17.1 Å². The molecule has 0 saturated carbocycles. The lowest BCUT2D eigenvalue weighted by Gasteiger charge is -2.17. The molecule has 53 heavy (non-hydrogen) atoms. The highest BCUT2D eigenvalue weighted by atomic mass is 35.5. The molecule has 0 aliphatic heterocycles. The second kappa shape index (κ2) is 16.6. The van der Waals surface area contributed by atoms with Crippen LogP contribution in [-0.4, -0.2) is 22.7 Å². The van der Waals surface area contributed by atoms with Crippen molar-refractivity contribution in [3.05, 3.63) is 184 Å². The van der Waals surface area contributed by atoms with E-state index in [2.05, 4.69) is 40.2 Å². The fourth-order valence-corrected chi connectivity index (χ4v) is 7.46. The first kappa shape index (κ1) is 35.4. The highest BCUT2D eigenvalue weighted by Crippen LogP contribution is 2.37. The summed E-state index contributed by atoms with van der Waals surface area (Å²) in [6, 6.07) is 46.8. The van der Waals surface area contributed by atoms with Crippen LogP contribution in [0.25, 0.3) is 28.1 Å². The average molecular weight is 751 g/mol. The third kappa shape index (κ3) is 8.91. The lowest BCUT2D eigenvalue weighted by Crippen LogP contribution is -2.30. The molecule has 0 aliphatic rings. The standard InChI is InChI=1S/C43H31ClN4O3S2/c44-36-18-10-9-17-32(36)26-37(46-40(49)30-14-5-2-6-15-30)41(50)45-34-21-23-35(24-22-34)53-39(29-12-3-1-4-13-29)42(51)48-43-47-38(27-52-43)33-20-19-28-11-7-8-16-31(28)25-33/h1-27,39H,(H,45,50)(H,46,49)(H,47,48,51)/b37-26-. The number of nitrogens with zero attached hydrogens (tertiary/aromatic N) is 1. The number of fused-ring (bicyclic) bond motifs is 1. The molecule has 1 unspecified atom stereocenters. The minimum absolute atomic E-state index is 0.0252. The van der Waals surface area contributed by atoms with Gasteiger partial charge in [-0.2, -0.15) is 0 Å². The molecule has 1 aromatic heterocycles. The van der Waals surface area contributed by atoms with Gasteiger partial charge in [-0.15, -0.1) is 23.1 Å². The van der Waals surface area contributed by atoms with Gasteiger partial charge in [0.1, 0.15) is 10.9 Å². The van der Waals surface area contributed by atoms with Crippen molar-refractivity contribution in [1.29, 1.82) is 0 Å². The number of amides is 3. The predicted molar refractivity (Wildman–Crippen MR) is 217 cm³/mol. The summed E-state index contributed by atoms with van der Waals surface area (Å²) in [4.78, 5) is 45.9. The quantitative estimate of drug-likeness (QED) is 0.0903. The smallest absolute Gasteiger partial charge is 0.272 e. The average Bonchev–Trinajstić information content (AvgIpc) is 3.67. The number of hydrogen-bond acceptors (Lipinski definition) is 6. The number of aromatic nitrogens is 1. The summed E-state index contributed by atoms with van der Waals surface area (Å²) in [5.41, 5.74) is 4.12. The summed E-state index contributed by atoms with van der Waals surface area (Å²) in [5, 5.41) is 13.2. The van der Waals surface area contributed by atoms with E-state index in [1.165, 1.54) is 23.1 Å². The Morgan fingerprint density at radius 3 is 2.15 bits per heavy atom. The van der Waals surface area contributed by atoms with Gasteiger partial charge >= 0.3 is 0 Å². The Morgan fingerprint density at radius 1 is 0.717 bits per heavy atom. The number of anilines is 2. The molecule has 1 heterocycles. The third-order valence-corrected chi connectivity index (χ3v) is 10.6. The minimum atomic E-state index is -0.581. The molecule has 260 valence electrons. The lowest BCUT2D eigenvalue weighted by atomic mass is 10.1. The van der Waals surface area contributed by atoms with Crippen molar-refractivity contribution in [2.45, 2.75) is 10.1 Å². The van der Waals surface area contributed by atoms with Gasteiger partial charge in [-0.05, 0) is 76.5 Å². The van der Waals surface area contributed by atoms with E-state index in [9.17, 15) is 14.4 Å². The highest BCUT2D eigenvalue weighted by molar-refractivity contribution is 8.00. The first-order chi connectivity index (χ1) is 25.9. The predicted octanol–water partition coefficient (Wildman–Crippen LogP) is 10.5. The molecule has 0 saturated heterocycles. The zero-order chi connectivity index (χ0) is 36.6. The van der Waals surface area contributed by atoms with Crippen molar-refractivity contribution >= 4 is 80.1 Å². The number of carbonyl (C=O) groups excluding carboxylic acids is 3.